The largest absolute Gasteiger partial charge is 0.357 e. The van der Waals surface area contributed by atoms with Crippen LogP contribution in [0.5, 0.6) is 0 Å². The molecule has 6 nitrogen and oxygen atoms in total. The van der Waals surface area contributed by atoms with Crippen molar-refractivity contribution in [3.05, 3.63) is 88.5 Å². The maximum Gasteiger partial charge on any atom is 0.191 e. The number of rotatable bonds is 7. The lowest BCUT2D eigenvalue weighted by molar-refractivity contribution is 0.510. The molecular weight excluding hydrogens is 403 g/mol. The van der Waals surface area contributed by atoms with E-state index in [9.17, 15) is 4.39 Å². The van der Waals surface area contributed by atoms with Gasteiger partial charge in [0.15, 0.2) is 5.96 Å². The lowest BCUT2D eigenvalue weighted by atomic mass is 10.1. The van der Waals surface area contributed by atoms with Gasteiger partial charge in [0.2, 0.25) is 0 Å². The molecule has 8 heteroatoms. The first-order chi connectivity index (χ1) is 14.6. The van der Waals surface area contributed by atoms with E-state index in [1.54, 1.807) is 18.3 Å². The van der Waals surface area contributed by atoms with Crippen LogP contribution in [0.15, 0.2) is 65.9 Å². The Morgan fingerprint density at radius 2 is 2.07 bits per heavy atom. The molecule has 2 N–H and O–H groups in total. The van der Waals surface area contributed by atoms with Crippen molar-refractivity contribution in [1.29, 1.82) is 5.26 Å². The fourth-order valence-corrected chi connectivity index (χ4v) is 3.08. The molecule has 0 saturated carbocycles. The van der Waals surface area contributed by atoms with E-state index in [4.69, 9.17) is 16.9 Å². The summed E-state index contributed by atoms with van der Waals surface area (Å²) in [5.41, 5.74) is 1.76. The van der Waals surface area contributed by atoms with E-state index in [-0.39, 0.29) is 18.2 Å². The van der Waals surface area contributed by atoms with Gasteiger partial charge in [-0.15, -0.1) is 0 Å². The molecule has 0 spiro atoms. The number of guanidine groups is 1. The predicted octanol–water partition coefficient (Wildman–Crippen LogP) is 3.89. The van der Waals surface area contributed by atoms with Crippen LogP contribution in [-0.2, 0) is 6.54 Å². The topological polar surface area (TPSA) is 78.0 Å². The molecule has 30 heavy (non-hydrogen) atoms. The Morgan fingerprint density at radius 1 is 1.27 bits per heavy atom. The number of nitriles is 1. The van der Waals surface area contributed by atoms with E-state index in [0.29, 0.717) is 29.6 Å². The molecule has 0 bridgehead atoms. The standard InChI is InChI=1S/C22H22ClFN6/c1-2-26-22(27-14-18-5-4-16(13-25)12-20(18)24)28-15-21(30-11-3-10-29-30)17-6-8-19(23)9-7-17/h3-12,21H,2,14-15H2,1H3,(H2,26,27,28). The Balaban J connectivity index is 1.75. The molecular formula is C22H22ClFN6. The van der Waals surface area contributed by atoms with Gasteiger partial charge in [-0.2, -0.15) is 10.4 Å². The zero-order chi connectivity index (χ0) is 21.3. The van der Waals surface area contributed by atoms with Crippen LogP contribution in [0.1, 0.15) is 29.7 Å². The van der Waals surface area contributed by atoms with Crippen molar-refractivity contribution >= 4 is 17.6 Å². The summed E-state index contributed by atoms with van der Waals surface area (Å²) < 4.78 is 16.0. The van der Waals surface area contributed by atoms with Crippen molar-refractivity contribution in [3.8, 4) is 6.07 Å². The van der Waals surface area contributed by atoms with E-state index in [2.05, 4.69) is 20.7 Å². The molecule has 0 aliphatic rings. The number of halogens is 2. The van der Waals surface area contributed by atoms with E-state index in [1.165, 1.54) is 6.07 Å². The molecule has 3 rings (SSSR count). The number of nitrogens with zero attached hydrogens (tertiary/aromatic N) is 4. The van der Waals surface area contributed by atoms with Gasteiger partial charge in [-0.1, -0.05) is 29.8 Å². The third kappa shape index (κ3) is 5.58. The first-order valence-electron chi connectivity index (χ1n) is 9.56. The van der Waals surface area contributed by atoms with Crippen LogP contribution in [0.3, 0.4) is 0 Å². The summed E-state index contributed by atoms with van der Waals surface area (Å²) in [4.78, 5) is 4.48. The number of hydrogen-bond acceptors (Lipinski definition) is 3. The molecule has 0 radical (unpaired) electrons. The highest BCUT2D eigenvalue weighted by atomic mass is 35.5. The first-order valence-corrected chi connectivity index (χ1v) is 9.93. The van der Waals surface area contributed by atoms with Crippen molar-refractivity contribution in [2.24, 2.45) is 4.99 Å². The number of nitrogens with one attached hydrogen (secondary N) is 2. The first kappa shape index (κ1) is 21.3. The minimum Gasteiger partial charge on any atom is -0.357 e. The fourth-order valence-electron chi connectivity index (χ4n) is 2.96. The van der Waals surface area contributed by atoms with Gasteiger partial charge in [0.05, 0.1) is 24.2 Å². The van der Waals surface area contributed by atoms with E-state index < -0.39 is 5.82 Å². The quantitative estimate of drug-likeness (QED) is 0.445. The zero-order valence-corrected chi connectivity index (χ0v) is 17.3. The van der Waals surface area contributed by atoms with Gasteiger partial charge in [-0.25, -0.2) is 9.38 Å². The Labute approximate surface area is 180 Å². The molecule has 0 amide bonds. The van der Waals surface area contributed by atoms with Crippen molar-refractivity contribution in [3.63, 3.8) is 0 Å². The summed E-state index contributed by atoms with van der Waals surface area (Å²) in [6.45, 7) is 3.30. The van der Waals surface area contributed by atoms with Crippen molar-refractivity contribution < 1.29 is 4.39 Å². The summed E-state index contributed by atoms with van der Waals surface area (Å²) in [5, 5.41) is 20.4. The maximum absolute atomic E-state index is 14.1. The molecule has 0 saturated heterocycles. The molecule has 0 aliphatic carbocycles. The normalized spacial score (nSPS) is 12.3. The van der Waals surface area contributed by atoms with Gasteiger partial charge in [-0.3, -0.25) is 4.68 Å². The summed E-state index contributed by atoms with van der Waals surface area (Å²) in [7, 11) is 0. The zero-order valence-electron chi connectivity index (χ0n) is 16.5. The molecule has 0 fully saturated rings. The molecule has 0 aliphatic heterocycles. The summed E-state index contributed by atoms with van der Waals surface area (Å²) in [6.07, 6.45) is 3.63. The minimum absolute atomic E-state index is 0.0761. The number of benzene rings is 2. The van der Waals surface area contributed by atoms with Crippen LogP contribution >= 0.6 is 11.6 Å². The summed E-state index contributed by atoms with van der Waals surface area (Å²) in [5.74, 6) is 0.122. The van der Waals surface area contributed by atoms with Crippen molar-refractivity contribution in [2.75, 3.05) is 13.1 Å². The Hall–Kier alpha value is -3.37. The monoisotopic (exact) mass is 424 g/mol. The van der Waals surface area contributed by atoms with Gasteiger partial charge in [0, 0.05) is 36.1 Å². The Kier molecular flexibility index (Phi) is 7.41. The number of hydrogen-bond donors (Lipinski definition) is 2. The summed E-state index contributed by atoms with van der Waals surface area (Å²) in [6, 6.07) is 15.7. The molecule has 1 aromatic heterocycles. The van der Waals surface area contributed by atoms with E-state index in [0.717, 1.165) is 5.56 Å². The number of aromatic nitrogens is 2. The van der Waals surface area contributed by atoms with Gasteiger partial charge >= 0.3 is 0 Å². The SMILES string of the molecule is CCNC(=NCc1ccc(C#N)cc1F)NCC(c1ccc(Cl)cc1)n1cccn1. The third-order valence-electron chi connectivity index (χ3n) is 4.50. The van der Waals surface area contributed by atoms with Gasteiger partial charge in [-0.05, 0) is 42.8 Å². The molecule has 2 aromatic carbocycles. The smallest absolute Gasteiger partial charge is 0.191 e. The lowest BCUT2D eigenvalue weighted by Crippen LogP contribution is -2.40. The van der Waals surface area contributed by atoms with E-state index >= 15 is 0 Å². The minimum atomic E-state index is -0.441. The van der Waals surface area contributed by atoms with Crippen LogP contribution < -0.4 is 10.6 Å². The van der Waals surface area contributed by atoms with Gasteiger partial charge in [0.1, 0.15) is 5.82 Å². The van der Waals surface area contributed by atoms with Gasteiger partial charge in [0.25, 0.3) is 0 Å². The molecule has 1 atom stereocenters. The highest BCUT2D eigenvalue weighted by Gasteiger charge is 2.15. The molecule has 1 heterocycles. The van der Waals surface area contributed by atoms with Crippen LogP contribution in [0.4, 0.5) is 4.39 Å². The van der Waals surface area contributed by atoms with Crippen molar-refractivity contribution in [2.45, 2.75) is 19.5 Å². The Morgan fingerprint density at radius 3 is 2.70 bits per heavy atom. The fraction of sp³-hybridized carbons (Fsp3) is 0.227. The van der Waals surface area contributed by atoms with Crippen LogP contribution in [0, 0.1) is 17.1 Å². The maximum atomic E-state index is 14.1. The second-order valence-electron chi connectivity index (χ2n) is 6.55. The molecule has 154 valence electrons. The lowest BCUT2D eigenvalue weighted by Gasteiger charge is -2.20. The predicted molar refractivity (Wildman–Crippen MR) is 116 cm³/mol. The Bertz CT molecular complexity index is 1020. The van der Waals surface area contributed by atoms with Crippen molar-refractivity contribution in [1.82, 2.24) is 20.4 Å². The second kappa shape index (κ2) is 10.4. The molecule has 3 aromatic rings. The van der Waals surface area contributed by atoms with E-state index in [1.807, 2.05) is 54.2 Å². The average Bonchev–Trinajstić information content (AvgIpc) is 3.28. The highest BCUT2D eigenvalue weighted by Crippen LogP contribution is 2.19. The number of aliphatic imine (C=N–C) groups is 1. The summed E-state index contributed by atoms with van der Waals surface area (Å²) >= 11 is 6.03. The third-order valence-corrected chi connectivity index (χ3v) is 4.75. The molecule has 1 unspecified atom stereocenters. The highest BCUT2D eigenvalue weighted by molar-refractivity contribution is 6.30. The average molecular weight is 425 g/mol. The second-order valence-corrected chi connectivity index (χ2v) is 6.98. The van der Waals surface area contributed by atoms with Gasteiger partial charge < -0.3 is 10.6 Å². The van der Waals surface area contributed by atoms with Crippen LogP contribution in [0.2, 0.25) is 5.02 Å². The van der Waals surface area contributed by atoms with Crippen LogP contribution in [-0.4, -0.2) is 28.8 Å². The van der Waals surface area contributed by atoms with Crippen LogP contribution in [0.25, 0.3) is 0 Å².